The van der Waals surface area contributed by atoms with Crippen molar-refractivity contribution in [3.8, 4) is 17.2 Å². The number of carbonyl (C=O) groups is 3. The van der Waals surface area contributed by atoms with Crippen LogP contribution in [0, 0.1) is 0 Å². The summed E-state index contributed by atoms with van der Waals surface area (Å²) in [5.41, 5.74) is 1.01. The third kappa shape index (κ3) is 6.90. The molecule has 0 spiro atoms. The molecule has 0 bridgehead atoms. The van der Waals surface area contributed by atoms with E-state index < -0.39 is 11.9 Å². The quantitative estimate of drug-likeness (QED) is 0.517. The molecule has 0 saturated heterocycles. The number of rotatable bonds is 10. The monoisotopic (exact) mass is 444 g/mol. The van der Waals surface area contributed by atoms with Crippen LogP contribution < -0.4 is 14.2 Å². The third-order valence-corrected chi connectivity index (χ3v) is 4.56. The number of methoxy groups -OCH3 is 3. The molecule has 0 aromatic heterocycles. The fraction of sp³-hybridized carbons (Fsp3) is 0.348. The molecule has 0 aliphatic carbocycles. The average Bonchev–Trinajstić information content (AvgIpc) is 2.81. The molecule has 9 nitrogen and oxygen atoms in total. The fourth-order valence-corrected chi connectivity index (χ4v) is 2.77. The highest BCUT2D eigenvalue weighted by Crippen LogP contribution is 2.24. The van der Waals surface area contributed by atoms with Gasteiger partial charge >= 0.3 is 5.97 Å². The van der Waals surface area contributed by atoms with E-state index in [9.17, 15) is 14.4 Å². The van der Waals surface area contributed by atoms with Gasteiger partial charge in [-0.15, -0.1) is 0 Å². The zero-order valence-electron chi connectivity index (χ0n) is 18.9. The van der Waals surface area contributed by atoms with E-state index in [2.05, 4.69) is 0 Å². The summed E-state index contributed by atoms with van der Waals surface area (Å²) in [6.07, 6.45) is 0. The van der Waals surface area contributed by atoms with Crippen LogP contribution >= 0.6 is 0 Å². The molecule has 0 unspecified atom stereocenters. The second-order valence-electron chi connectivity index (χ2n) is 7.06. The summed E-state index contributed by atoms with van der Waals surface area (Å²) < 4.78 is 20.8. The molecule has 0 aliphatic heterocycles. The molecule has 0 heterocycles. The number of benzene rings is 2. The SMILES string of the molecule is COC(=O)CN(Cc1cc(OC)cc(OC)c1)C(=O)c1cccc(OCC(=O)N(C)C)c1. The molecule has 172 valence electrons. The van der Waals surface area contributed by atoms with Crippen LogP contribution in [0.4, 0.5) is 0 Å². The van der Waals surface area contributed by atoms with E-state index in [0.717, 1.165) is 0 Å². The maximum Gasteiger partial charge on any atom is 0.325 e. The molecule has 2 aromatic rings. The van der Waals surface area contributed by atoms with Crippen molar-refractivity contribution in [2.75, 3.05) is 48.6 Å². The van der Waals surface area contributed by atoms with E-state index >= 15 is 0 Å². The molecule has 32 heavy (non-hydrogen) atoms. The van der Waals surface area contributed by atoms with Crippen LogP contribution in [0.3, 0.4) is 0 Å². The molecule has 2 amide bonds. The zero-order chi connectivity index (χ0) is 23.7. The first-order chi connectivity index (χ1) is 15.3. The Morgan fingerprint density at radius 2 is 1.53 bits per heavy atom. The lowest BCUT2D eigenvalue weighted by Crippen LogP contribution is -2.35. The van der Waals surface area contributed by atoms with E-state index in [4.69, 9.17) is 18.9 Å². The molecule has 0 aliphatic rings. The molecular weight excluding hydrogens is 416 g/mol. The van der Waals surface area contributed by atoms with E-state index in [1.807, 2.05) is 0 Å². The van der Waals surface area contributed by atoms with Gasteiger partial charge in [0, 0.05) is 32.3 Å². The van der Waals surface area contributed by atoms with Gasteiger partial charge in [-0.25, -0.2) is 0 Å². The van der Waals surface area contributed by atoms with Crippen LogP contribution in [0.15, 0.2) is 42.5 Å². The molecule has 2 aromatic carbocycles. The van der Waals surface area contributed by atoms with Crippen molar-refractivity contribution in [2.24, 2.45) is 0 Å². The lowest BCUT2D eigenvalue weighted by molar-refractivity contribution is -0.141. The number of carbonyl (C=O) groups excluding carboxylic acids is 3. The molecule has 9 heteroatoms. The number of ether oxygens (including phenoxy) is 4. The van der Waals surface area contributed by atoms with Crippen LogP contribution in [0.25, 0.3) is 0 Å². The lowest BCUT2D eigenvalue weighted by atomic mass is 10.1. The van der Waals surface area contributed by atoms with Gasteiger partial charge in [0.2, 0.25) is 0 Å². The first kappa shape index (κ1) is 24.5. The van der Waals surface area contributed by atoms with Gasteiger partial charge in [0.1, 0.15) is 23.8 Å². The molecule has 0 atom stereocenters. The van der Waals surface area contributed by atoms with Crippen LogP contribution in [-0.2, 0) is 20.9 Å². The Kier molecular flexibility index (Phi) is 8.88. The van der Waals surface area contributed by atoms with Gasteiger partial charge < -0.3 is 28.7 Å². The molecule has 2 rings (SSSR count). The van der Waals surface area contributed by atoms with Crippen molar-refractivity contribution < 1.29 is 33.3 Å². The predicted molar refractivity (Wildman–Crippen MR) is 117 cm³/mol. The Labute approximate surface area is 187 Å². The standard InChI is InChI=1S/C23H28N2O7/c1-24(2)21(26)15-32-18-8-6-7-17(11-18)23(28)25(14-22(27)31-5)13-16-9-19(29-3)12-20(10-16)30-4/h6-12H,13-15H2,1-5H3. The zero-order valence-corrected chi connectivity index (χ0v) is 18.9. The minimum Gasteiger partial charge on any atom is -0.497 e. The number of nitrogens with zero attached hydrogens (tertiary/aromatic N) is 2. The fourth-order valence-electron chi connectivity index (χ4n) is 2.77. The van der Waals surface area contributed by atoms with Crippen LogP contribution in [0.5, 0.6) is 17.2 Å². The van der Waals surface area contributed by atoms with Gasteiger partial charge in [0.15, 0.2) is 6.61 Å². The molecule has 0 fully saturated rings. The molecule has 0 saturated carbocycles. The number of hydrogen-bond acceptors (Lipinski definition) is 7. The number of hydrogen-bond donors (Lipinski definition) is 0. The lowest BCUT2D eigenvalue weighted by Gasteiger charge is -2.22. The van der Waals surface area contributed by atoms with Gasteiger partial charge in [0.05, 0.1) is 21.3 Å². The van der Waals surface area contributed by atoms with Crippen molar-refractivity contribution in [2.45, 2.75) is 6.54 Å². The summed E-state index contributed by atoms with van der Waals surface area (Å²) in [4.78, 5) is 39.7. The van der Waals surface area contributed by atoms with Gasteiger partial charge in [0.25, 0.3) is 11.8 Å². The second kappa shape index (κ2) is 11.6. The first-order valence-corrected chi connectivity index (χ1v) is 9.78. The topological polar surface area (TPSA) is 94.6 Å². The van der Waals surface area contributed by atoms with E-state index in [1.54, 1.807) is 50.5 Å². The van der Waals surface area contributed by atoms with E-state index in [0.29, 0.717) is 28.4 Å². The van der Waals surface area contributed by atoms with Crippen LogP contribution in [0.1, 0.15) is 15.9 Å². The van der Waals surface area contributed by atoms with Crippen molar-refractivity contribution in [3.63, 3.8) is 0 Å². The predicted octanol–water partition coefficient (Wildman–Crippen LogP) is 1.99. The summed E-state index contributed by atoms with van der Waals surface area (Å²) in [5.74, 6) is 0.323. The van der Waals surface area contributed by atoms with Crippen molar-refractivity contribution in [1.29, 1.82) is 0 Å². The molecule has 0 radical (unpaired) electrons. The maximum absolute atomic E-state index is 13.2. The Balaban J connectivity index is 2.27. The summed E-state index contributed by atoms with van der Waals surface area (Å²) in [6.45, 7) is -0.287. The Hall–Kier alpha value is -3.75. The number of amides is 2. The average molecular weight is 444 g/mol. The number of esters is 1. The summed E-state index contributed by atoms with van der Waals surface area (Å²) in [6, 6.07) is 11.7. The summed E-state index contributed by atoms with van der Waals surface area (Å²) in [5, 5.41) is 0. The molecule has 0 N–H and O–H groups in total. The maximum atomic E-state index is 13.2. The van der Waals surface area contributed by atoms with Crippen LogP contribution in [-0.4, -0.2) is 76.2 Å². The first-order valence-electron chi connectivity index (χ1n) is 9.78. The van der Waals surface area contributed by atoms with E-state index in [-0.39, 0.29) is 25.6 Å². The Morgan fingerprint density at radius 1 is 0.875 bits per heavy atom. The minimum atomic E-state index is -0.558. The van der Waals surface area contributed by atoms with Crippen molar-refractivity contribution in [3.05, 3.63) is 53.6 Å². The minimum absolute atomic E-state index is 0.117. The Morgan fingerprint density at radius 3 is 2.09 bits per heavy atom. The van der Waals surface area contributed by atoms with Gasteiger partial charge in [-0.05, 0) is 35.9 Å². The highest BCUT2D eigenvalue weighted by atomic mass is 16.5. The van der Waals surface area contributed by atoms with Gasteiger partial charge in [-0.2, -0.15) is 0 Å². The highest BCUT2D eigenvalue weighted by molar-refractivity contribution is 5.96. The van der Waals surface area contributed by atoms with E-state index in [1.165, 1.54) is 37.2 Å². The normalized spacial score (nSPS) is 10.2. The second-order valence-corrected chi connectivity index (χ2v) is 7.06. The summed E-state index contributed by atoms with van der Waals surface area (Å²) >= 11 is 0. The van der Waals surface area contributed by atoms with Crippen molar-refractivity contribution in [1.82, 2.24) is 9.80 Å². The smallest absolute Gasteiger partial charge is 0.325 e. The molecular formula is C23H28N2O7. The largest absolute Gasteiger partial charge is 0.497 e. The highest BCUT2D eigenvalue weighted by Gasteiger charge is 2.21. The Bertz CT molecular complexity index is 937. The third-order valence-electron chi connectivity index (χ3n) is 4.56. The number of likely N-dealkylation sites (N-methyl/N-ethyl adjacent to an activating group) is 1. The van der Waals surface area contributed by atoms with Crippen molar-refractivity contribution >= 4 is 17.8 Å². The van der Waals surface area contributed by atoms with Crippen LogP contribution in [0.2, 0.25) is 0 Å². The summed E-state index contributed by atoms with van der Waals surface area (Å²) in [7, 11) is 7.58. The van der Waals surface area contributed by atoms with Gasteiger partial charge in [-0.3, -0.25) is 14.4 Å². The van der Waals surface area contributed by atoms with Gasteiger partial charge in [-0.1, -0.05) is 6.07 Å².